The Hall–Kier alpha value is -1.32. The molecule has 0 spiro atoms. The first kappa shape index (κ1) is 10.2. The predicted molar refractivity (Wildman–Crippen MR) is 59.9 cm³/mol. The Labute approximate surface area is 89.0 Å². The fourth-order valence-electron chi connectivity index (χ4n) is 1.71. The van der Waals surface area contributed by atoms with E-state index in [1.54, 1.807) is 13.4 Å². The molecule has 1 aromatic heterocycles. The third-order valence-corrected chi connectivity index (χ3v) is 2.52. The van der Waals surface area contributed by atoms with E-state index in [2.05, 4.69) is 11.4 Å². The molecular formula is C12H15NO2. The van der Waals surface area contributed by atoms with Crippen LogP contribution in [0.4, 0.5) is 0 Å². The number of hydrogen-bond acceptors (Lipinski definition) is 3. The largest absolute Gasteiger partial charge is 0.464 e. The van der Waals surface area contributed by atoms with Crippen LogP contribution in [-0.4, -0.2) is 20.7 Å². The molecule has 80 valence electrons. The van der Waals surface area contributed by atoms with Crippen molar-refractivity contribution in [1.29, 1.82) is 0 Å². The molecule has 3 heteroatoms. The van der Waals surface area contributed by atoms with Crippen molar-refractivity contribution < 1.29 is 9.15 Å². The molecule has 0 saturated heterocycles. The van der Waals surface area contributed by atoms with Crippen LogP contribution in [0, 0.1) is 0 Å². The maximum Gasteiger partial charge on any atom is 0.133 e. The van der Waals surface area contributed by atoms with E-state index in [-0.39, 0.29) is 6.10 Å². The molecule has 15 heavy (non-hydrogen) atoms. The van der Waals surface area contributed by atoms with E-state index in [0.29, 0.717) is 0 Å². The highest BCUT2D eigenvalue weighted by atomic mass is 16.5. The highest BCUT2D eigenvalue weighted by molar-refractivity contribution is 5.77. The lowest BCUT2D eigenvalue weighted by Gasteiger charge is -2.14. The summed E-state index contributed by atoms with van der Waals surface area (Å²) < 4.78 is 10.7. The van der Waals surface area contributed by atoms with Gasteiger partial charge in [-0.05, 0) is 30.8 Å². The van der Waals surface area contributed by atoms with Gasteiger partial charge in [0.15, 0.2) is 0 Å². The molecule has 0 aliphatic carbocycles. The second kappa shape index (κ2) is 4.47. The third kappa shape index (κ3) is 2.03. The first-order valence-electron chi connectivity index (χ1n) is 4.99. The van der Waals surface area contributed by atoms with Crippen molar-refractivity contribution in [1.82, 2.24) is 5.32 Å². The summed E-state index contributed by atoms with van der Waals surface area (Å²) in [6.45, 7) is 0.805. The lowest BCUT2D eigenvalue weighted by molar-refractivity contribution is 0.104. The first-order valence-corrected chi connectivity index (χ1v) is 4.99. The summed E-state index contributed by atoms with van der Waals surface area (Å²) in [6, 6.07) is 8.08. The molecule has 1 N–H and O–H groups in total. The molecule has 1 aromatic carbocycles. The zero-order chi connectivity index (χ0) is 10.7. The van der Waals surface area contributed by atoms with Gasteiger partial charge in [0.1, 0.15) is 5.58 Å². The van der Waals surface area contributed by atoms with Crippen molar-refractivity contribution in [2.45, 2.75) is 6.10 Å². The molecule has 1 heterocycles. The summed E-state index contributed by atoms with van der Waals surface area (Å²) in [6.07, 6.45) is 1.79. The zero-order valence-electron chi connectivity index (χ0n) is 8.99. The number of ether oxygens (including phenoxy) is 1. The second-order valence-electron chi connectivity index (χ2n) is 3.50. The molecular weight excluding hydrogens is 190 g/mol. The molecule has 2 aromatic rings. The smallest absolute Gasteiger partial charge is 0.133 e. The fraction of sp³-hybridized carbons (Fsp3) is 0.333. The lowest BCUT2D eigenvalue weighted by atomic mass is 10.1. The van der Waals surface area contributed by atoms with Crippen molar-refractivity contribution in [3.8, 4) is 0 Å². The molecule has 0 bridgehead atoms. The van der Waals surface area contributed by atoms with E-state index >= 15 is 0 Å². The summed E-state index contributed by atoms with van der Waals surface area (Å²) in [5.74, 6) is 0. The second-order valence-corrected chi connectivity index (χ2v) is 3.50. The molecule has 0 amide bonds. The lowest BCUT2D eigenvalue weighted by Crippen LogP contribution is -2.18. The van der Waals surface area contributed by atoms with Crippen LogP contribution in [0.2, 0.25) is 0 Å². The van der Waals surface area contributed by atoms with Gasteiger partial charge in [-0.25, -0.2) is 0 Å². The predicted octanol–water partition coefficient (Wildman–Crippen LogP) is 2.34. The van der Waals surface area contributed by atoms with Crippen molar-refractivity contribution >= 4 is 11.0 Å². The Morgan fingerprint density at radius 3 is 3.00 bits per heavy atom. The molecule has 2 rings (SSSR count). The number of nitrogens with one attached hydrogen (secondary N) is 1. The van der Waals surface area contributed by atoms with Crippen molar-refractivity contribution in [3.05, 3.63) is 36.1 Å². The highest BCUT2D eigenvalue weighted by Gasteiger charge is 2.10. The Morgan fingerprint density at radius 1 is 1.40 bits per heavy atom. The normalized spacial score (nSPS) is 13.2. The molecule has 0 aliphatic heterocycles. The van der Waals surface area contributed by atoms with E-state index in [1.165, 1.54) is 5.56 Å². The number of rotatable bonds is 4. The number of benzene rings is 1. The van der Waals surface area contributed by atoms with Gasteiger partial charge in [0.05, 0.1) is 12.4 Å². The quantitative estimate of drug-likeness (QED) is 0.832. The average Bonchev–Trinajstić information content (AvgIpc) is 2.72. The zero-order valence-corrected chi connectivity index (χ0v) is 8.99. The minimum Gasteiger partial charge on any atom is -0.464 e. The number of hydrogen-bond donors (Lipinski definition) is 1. The van der Waals surface area contributed by atoms with Crippen LogP contribution >= 0.6 is 0 Å². The average molecular weight is 205 g/mol. The monoisotopic (exact) mass is 205 g/mol. The number of likely N-dealkylation sites (N-methyl/N-ethyl adjacent to an activating group) is 1. The van der Waals surface area contributed by atoms with Crippen LogP contribution in [0.3, 0.4) is 0 Å². The van der Waals surface area contributed by atoms with Crippen molar-refractivity contribution in [3.63, 3.8) is 0 Å². The Bertz CT molecular complexity index is 436. The fourth-order valence-corrected chi connectivity index (χ4v) is 1.71. The van der Waals surface area contributed by atoms with Gasteiger partial charge in [0.2, 0.25) is 0 Å². The van der Waals surface area contributed by atoms with Crippen LogP contribution in [0.15, 0.2) is 34.9 Å². The summed E-state index contributed by atoms with van der Waals surface area (Å²) in [7, 11) is 3.64. The van der Waals surface area contributed by atoms with E-state index in [9.17, 15) is 0 Å². The van der Waals surface area contributed by atoms with E-state index < -0.39 is 0 Å². The van der Waals surface area contributed by atoms with Crippen LogP contribution in [0.25, 0.3) is 11.0 Å². The third-order valence-electron chi connectivity index (χ3n) is 2.52. The highest BCUT2D eigenvalue weighted by Crippen LogP contribution is 2.22. The van der Waals surface area contributed by atoms with Crippen LogP contribution < -0.4 is 5.32 Å². The molecule has 0 radical (unpaired) electrons. The van der Waals surface area contributed by atoms with E-state index in [1.807, 2.05) is 25.2 Å². The van der Waals surface area contributed by atoms with Crippen LogP contribution in [0.1, 0.15) is 11.7 Å². The van der Waals surface area contributed by atoms with Gasteiger partial charge in [-0.15, -0.1) is 0 Å². The van der Waals surface area contributed by atoms with Gasteiger partial charge in [0, 0.05) is 19.0 Å². The maximum atomic E-state index is 5.41. The van der Waals surface area contributed by atoms with Crippen LogP contribution in [0.5, 0.6) is 0 Å². The first-order chi connectivity index (χ1) is 7.35. The topological polar surface area (TPSA) is 34.4 Å². The number of fused-ring (bicyclic) bond motifs is 1. The Balaban J connectivity index is 2.33. The Kier molecular flexibility index (Phi) is 3.04. The summed E-state index contributed by atoms with van der Waals surface area (Å²) >= 11 is 0. The summed E-state index contributed by atoms with van der Waals surface area (Å²) in [5, 5.41) is 4.23. The number of methoxy groups -OCH3 is 1. The van der Waals surface area contributed by atoms with Crippen molar-refractivity contribution in [2.75, 3.05) is 20.7 Å². The van der Waals surface area contributed by atoms with Gasteiger partial charge in [-0.1, -0.05) is 6.07 Å². The molecule has 0 saturated carbocycles. The van der Waals surface area contributed by atoms with E-state index in [4.69, 9.17) is 9.15 Å². The van der Waals surface area contributed by atoms with Gasteiger partial charge < -0.3 is 14.5 Å². The SMILES string of the molecule is CNCC(OC)c1ccc2occc2c1. The molecule has 1 atom stereocenters. The van der Waals surface area contributed by atoms with Gasteiger partial charge in [0.25, 0.3) is 0 Å². The Morgan fingerprint density at radius 2 is 2.27 bits per heavy atom. The minimum atomic E-state index is 0.0919. The molecule has 3 nitrogen and oxygen atoms in total. The number of furan rings is 1. The molecule has 1 unspecified atom stereocenters. The summed E-state index contributed by atoms with van der Waals surface area (Å²) in [5.41, 5.74) is 2.08. The van der Waals surface area contributed by atoms with Crippen LogP contribution in [-0.2, 0) is 4.74 Å². The molecule has 0 aliphatic rings. The van der Waals surface area contributed by atoms with Gasteiger partial charge in [-0.2, -0.15) is 0 Å². The minimum absolute atomic E-state index is 0.0919. The standard InChI is InChI=1S/C12H15NO2/c1-13-8-12(14-2)9-3-4-11-10(7-9)5-6-15-11/h3-7,12-13H,8H2,1-2H3. The van der Waals surface area contributed by atoms with Crippen molar-refractivity contribution in [2.24, 2.45) is 0 Å². The maximum absolute atomic E-state index is 5.41. The van der Waals surface area contributed by atoms with Gasteiger partial charge >= 0.3 is 0 Å². The van der Waals surface area contributed by atoms with Gasteiger partial charge in [-0.3, -0.25) is 0 Å². The van der Waals surface area contributed by atoms with E-state index in [0.717, 1.165) is 17.5 Å². The summed E-state index contributed by atoms with van der Waals surface area (Å²) in [4.78, 5) is 0. The molecule has 0 fully saturated rings.